The first-order valence-corrected chi connectivity index (χ1v) is 8.29. The lowest BCUT2D eigenvalue weighted by atomic mass is 9.86. The Kier molecular flexibility index (Phi) is 4.93. The summed E-state index contributed by atoms with van der Waals surface area (Å²) in [5.74, 6) is -0.275. The summed E-state index contributed by atoms with van der Waals surface area (Å²) < 4.78 is 4.97. The third-order valence-corrected chi connectivity index (χ3v) is 4.36. The van der Waals surface area contributed by atoms with Gasteiger partial charge in [-0.25, -0.2) is 4.79 Å². The van der Waals surface area contributed by atoms with Gasteiger partial charge in [0.1, 0.15) is 0 Å². The molecule has 0 saturated heterocycles. The van der Waals surface area contributed by atoms with Crippen molar-refractivity contribution in [3.05, 3.63) is 75.4 Å². The number of nitrogens with zero attached hydrogens (tertiary/aromatic N) is 1. The Morgan fingerprint density at radius 3 is 2.52 bits per heavy atom. The zero-order chi connectivity index (χ0) is 17.8. The minimum Gasteiger partial charge on any atom is -0.463 e. The molecule has 5 heteroatoms. The fraction of sp³-hybridized carbons (Fsp3) is 0.250. The van der Waals surface area contributed by atoms with Crippen LogP contribution < -0.4 is 0 Å². The van der Waals surface area contributed by atoms with Crippen LogP contribution in [0.15, 0.2) is 54.1 Å². The number of aryl methyl sites for hydroxylation is 1. The van der Waals surface area contributed by atoms with E-state index in [-0.39, 0.29) is 11.7 Å². The highest BCUT2D eigenvalue weighted by atomic mass is 16.6. The topological polar surface area (TPSA) is 69.4 Å². The minimum atomic E-state index is -0.395. The van der Waals surface area contributed by atoms with E-state index in [4.69, 9.17) is 4.74 Å². The summed E-state index contributed by atoms with van der Waals surface area (Å²) in [5.41, 5.74) is 5.67. The predicted molar refractivity (Wildman–Crippen MR) is 95.3 cm³/mol. The van der Waals surface area contributed by atoms with Crippen LogP contribution in [0.1, 0.15) is 24.5 Å². The molecule has 0 amide bonds. The Morgan fingerprint density at radius 2 is 1.84 bits per heavy atom. The molecule has 0 aliphatic heterocycles. The summed E-state index contributed by atoms with van der Waals surface area (Å²) in [5, 5.41) is 10.8. The van der Waals surface area contributed by atoms with Crippen molar-refractivity contribution in [3.63, 3.8) is 0 Å². The van der Waals surface area contributed by atoms with Crippen LogP contribution >= 0.6 is 0 Å². The summed E-state index contributed by atoms with van der Waals surface area (Å²) in [7, 11) is 0. The Balaban J connectivity index is 1.80. The summed E-state index contributed by atoms with van der Waals surface area (Å²) in [4.78, 5) is 22.0. The number of carbonyl (C=O) groups is 1. The SMILES string of the molecule is CCOC(=O)/C=C1/CCc2cc(-c3ccc([N+](=O)[O-])cc3)ccc2C1. The van der Waals surface area contributed by atoms with Gasteiger partial charge >= 0.3 is 5.97 Å². The van der Waals surface area contributed by atoms with Crippen molar-refractivity contribution >= 4 is 11.7 Å². The molecule has 128 valence electrons. The average molecular weight is 337 g/mol. The molecule has 0 fully saturated rings. The fourth-order valence-corrected chi connectivity index (χ4v) is 3.09. The van der Waals surface area contributed by atoms with Crippen LogP contribution in [0.25, 0.3) is 11.1 Å². The van der Waals surface area contributed by atoms with E-state index in [1.165, 1.54) is 23.3 Å². The summed E-state index contributed by atoms with van der Waals surface area (Å²) in [6.07, 6.45) is 4.09. The molecule has 0 radical (unpaired) electrons. The zero-order valence-corrected chi connectivity index (χ0v) is 14.0. The lowest BCUT2D eigenvalue weighted by molar-refractivity contribution is -0.384. The van der Waals surface area contributed by atoms with Crippen molar-refractivity contribution in [2.75, 3.05) is 6.61 Å². The van der Waals surface area contributed by atoms with Crippen LogP contribution in [0.5, 0.6) is 0 Å². The van der Waals surface area contributed by atoms with E-state index >= 15 is 0 Å². The highest BCUT2D eigenvalue weighted by molar-refractivity contribution is 5.83. The normalized spacial score (nSPS) is 14.8. The summed E-state index contributed by atoms with van der Waals surface area (Å²) >= 11 is 0. The van der Waals surface area contributed by atoms with Crippen molar-refractivity contribution in [1.82, 2.24) is 0 Å². The van der Waals surface area contributed by atoms with E-state index < -0.39 is 4.92 Å². The van der Waals surface area contributed by atoms with Gasteiger partial charge in [-0.3, -0.25) is 10.1 Å². The molecule has 5 nitrogen and oxygen atoms in total. The van der Waals surface area contributed by atoms with Crippen LogP contribution in [0.3, 0.4) is 0 Å². The molecule has 0 atom stereocenters. The Morgan fingerprint density at radius 1 is 1.12 bits per heavy atom. The second-order valence-electron chi connectivity index (χ2n) is 6.02. The van der Waals surface area contributed by atoms with Gasteiger partial charge in [-0.05, 0) is 60.6 Å². The molecule has 2 aromatic rings. The van der Waals surface area contributed by atoms with Crippen LogP contribution in [0.2, 0.25) is 0 Å². The molecule has 3 rings (SSSR count). The van der Waals surface area contributed by atoms with Gasteiger partial charge in [0.05, 0.1) is 11.5 Å². The van der Waals surface area contributed by atoms with Gasteiger partial charge in [0.2, 0.25) is 0 Å². The third-order valence-electron chi connectivity index (χ3n) is 4.36. The van der Waals surface area contributed by atoms with Crippen LogP contribution in [-0.2, 0) is 22.4 Å². The monoisotopic (exact) mass is 337 g/mol. The van der Waals surface area contributed by atoms with Gasteiger partial charge in [-0.1, -0.05) is 23.8 Å². The van der Waals surface area contributed by atoms with Crippen molar-refractivity contribution in [1.29, 1.82) is 0 Å². The van der Waals surface area contributed by atoms with Gasteiger partial charge in [-0.15, -0.1) is 0 Å². The number of hydrogen-bond acceptors (Lipinski definition) is 4. The quantitative estimate of drug-likeness (QED) is 0.362. The van der Waals surface area contributed by atoms with E-state index in [0.29, 0.717) is 6.61 Å². The highest BCUT2D eigenvalue weighted by Gasteiger charge is 2.15. The largest absolute Gasteiger partial charge is 0.463 e. The Hall–Kier alpha value is -2.95. The molecule has 2 aromatic carbocycles. The maximum Gasteiger partial charge on any atom is 0.330 e. The smallest absolute Gasteiger partial charge is 0.330 e. The number of esters is 1. The van der Waals surface area contributed by atoms with Gasteiger partial charge in [0.25, 0.3) is 5.69 Å². The van der Waals surface area contributed by atoms with Crippen LogP contribution in [-0.4, -0.2) is 17.5 Å². The van der Waals surface area contributed by atoms with Gasteiger partial charge in [-0.2, -0.15) is 0 Å². The molecule has 0 aromatic heterocycles. The molecule has 0 spiro atoms. The maximum atomic E-state index is 11.6. The van der Waals surface area contributed by atoms with Crippen molar-refractivity contribution in [2.24, 2.45) is 0 Å². The van der Waals surface area contributed by atoms with Gasteiger partial charge < -0.3 is 4.74 Å². The lowest BCUT2D eigenvalue weighted by Gasteiger charge is -2.19. The molecule has 0 bridgehead atoms. The molecule has 1 aliphatic rings. The number of ether oxygens (including phenoxy) is 1. The van der Waals surface area contributed by atoms with Crippen LogP contribution in [0.4, 0.5) is 5.69 Å². The Bertz CT molecular complexity index is 837. The number of nitro groups is 1. The number of carbonyl (C=O) groups excluding carboxylic acids is 1. The van der Waals surface area contributed by atoms with Crippen molar-refractivity contribution in [2.45, 2.75) is 26.2 Å². The molecule has 0 heterocycles. The third kappa shape index (κ3) is 3.94. The Labute approximate surface area is 146 Å². The van der Waals surface area contributed by atoms with E-state index in [1.807, 2.05) is 6.07 Å². The van der Waals surface area contributed by atoms with Crippen molar-refractivity contribution in [3.8, 4) is 11.1 Å². The molecule has 25 heavy (non-hydrogen) atoms. The molecule has 0 saturated carbocycles. The molecular weight excluding hydrogens is 318 g/mol. The van der Waals surface area contributed by atoms with E-state index in [0.717, 1.165) is 36.0 Å². The summed E-state index contributed by atoms with van der Waals surface area (Å²) in [6.45, 7) is 2.18. The first kappa shape index (κ1) is 16.9. The number of non-ortho nitro benzene ring substituents is 1. The highest BCUT2D eigenvalue weighted by Crippen LogP contribution is 2.30. The number of nitro benzene ring substituents is 1. The standard InChI is InChI=1S/C20H19NO4/c1-2-25-20(22)12-14-3-4-18-13-17(6-5-16(18)11-14)15-7-9-19(10-8-15)21(23)24/h5-10,12-13H,2-4,11H2,1H3/b14-12-. The number of hydrogen-bond donors (Lipinski definition) is 0. The molecule has 1 aliphatic carbocycles. The summed E-state index contributed by atoms with van der Waals surface area (Å²) in [6, 6.07) is 12.8. The first-order valence-electron chi connectivity index (χ1n) is 8.29. The maximum absolute atomic E-state index is 11.6. The number of allylic oxidation sites excluding steroid dienone is 1. The van der Waals surface area contributed by atoms with Gasteiger partial charge in [0.15, 0.2) is 0 Å². The second-order valence-corrected chi connectivity index (χ2v) is 6.02. The van der Waals surface area contributed by atoms with Crippen LogP contribution in [0, 0.1) is 10.1 Å². The predicted octanol–water partition coefficient (Wildman–Crippen LogP) is 4.24. The average Bonchev–Trinajstić information content (AvgIpc) is 2.61. The van der Waals surface area contributed by atoms with E-state index in [9.17, 15) is 14.9 Å². The lowest BCUT2D eigenvalue weighted by Crippen LogP contribution is -2.09. The van der Waals surface area contributed by atoms with E-state index in [2.05, 4.69) is 12.1 Å². The molecule has 0 unspecified atom stereocenters. The molecule has 0 N–H and O–H groups in total. The second kappa shape index (κ2) is 7.30. The number of fused-ring (bicyclic) bond motifs is 1. The zero-order valence-electron chi connectivity index (χ0n) is 14.0. The fourth-order valence-electron chi connectivity index (χ4n) is 3.09. The number of rotatable bonds is 4. The first-order chi connectivity index (χ1) is 12.1. The molecular formula is C20H19NO4. The van der Waals surface area contributed by atoms with Gasteiger partial charge in [0, 0.05) is 18.2 Å². The van der Waals surface area contributed by atoms with E-state index in [1.54, 1.807) is 25.1 Å². The van der Waals surface area contributed by atoms with Crippen molar-refractivity contribution < 1.29 is 14.5 Å². The minimum absolute atomic E-state index is 0.0930. The number of benzene rings is 2.